The van der Waals surface area contributed by atoms with Crippen LogP contribution < -0.4 is 0 Å². The largest absolute Gasteiger partial charge is 0.444 e. The summed E-state index contributed by atoms with van der Waals surface area (Å²) >= 11 is 0. The first-order valence-corrected chi connectivity index (χ1v) is 7.43. The fourth-order valence-electron chi connectivity index (χ4n) is 3.26. The second-order valence-electron chi connectivity index (χ2n) is 6.01. The Labute approximate surface area is 144 Å². The maximum atomic E-state index is 13.3. The van der Waals surface area contributed by atoms with Gasteiger partial charge in [0.25, 0.3) is 0 Å². The van der Waals surface area contributed by atoms with Gasteiger partial charge in [0.1, 0.15) is 12.1 Å². The van der Waals surface area contributed by atoms with Crippen molar-refractivity contribution in [2.45, 2.75) is 56.9 Å². The van der Waals surface area contributed by atoms with E-state index in [1.807, 2.05) is 0 Å². The lowest BCUT2D eigenvalue weighted by atomic mass is 9.86. The molecule has 0 saturated carbocycles. The number of nitrogens with zero attached hydrogens (tertiary/aromatic N) is 2. The molecule has 1 fully saturated rings. The van der Waals surface area contributed by atoms with Crippen molar-refractivity contribution in [3.8, 4) is 6.07 Å². The molecular formula is C15H14F6N2O3. The van der Waals surface area contributed by atoms with Gasteiger partial charge in [0.15, 0.2) is 6.10 Å². The maximum absolute atomic E-state index is 13.3. The van der Waals surface area contributed by atoms with Crippen LogP contribution in [0.4, 0.5) is 31.1 Å². The van der Waals surface area contributed by atoms with E-state index in [0.717, 1.165) is 19.9 Å². The molecule has 0 radical (unpaired) electrons. The number of cyclic esters (lactones) is 1. The summed E-state index contributed by atoms with van der Waals surface area (Å²) in [6.07, 6.45) is -15.1. The number of carbonyl (C=O) groups excluding carboxylic acids is 1. The second kappa shape index (κ2) is 6.50. The van der Waals surface area contributed by atoms with Gasteiger partial charge >= 0.3 is 18.4 Å². The average Bonchev–Trinajstić information content (AvgIpc) is 2.77. The zero-order valence-corrected chi connectivity index (χ0v) is 13.5. The number of alkyl halides is 6. The number of rotatable bonds is 2. The molecule has 1 amide bonds. The maximum Gasteiger partial charge on any atom is 0.417 e. The van der Waals surface area contributed by atoms with Crippen LogP contribution in [-0.4, -0.2) is 52.7 Å². The Morgan fingerprint density at radius 2 is 1.92 bits per heavy atom. The molecule has 1 N–H and O–H groups in total. The van der Waals surface area contributed by atoms with E-state index in [9.17, 15) is 36.2 Å². The summed E-state index contributed by atoms with van der Waals surface area (Å²) in [6, 6.07) is -1.94. The number of halogens is 6. The van der Waals surface area contributed by atoms with E-state index in [0.29, 0.717) is 4.90 Å². The number of amides is 1. The van der Waals surface area contributed by atoms with Crippen LogP contribution in [0, 0.1) is 11.3 Å². The molecule has 4 atom stereocenters. The van der Waals surface area contributed by atoms with Crippen molar-refractivity contribution in [3.05, 3.63) is 22.8 Å². The van der Waals surface area contributed by atoms with Crippen LogP contribution in [0.15, 0.2) is 22.8 Å². The number of hydrogen-bond acceptors (Lipinski definition) is 4. The van der Waals surface area contributed by atoms with Crippen molar-refractivity contribution < 1.29 is 41.0 Å². The van der Waals surface area contributed by atoms with E-state index < -0.39 is 59.5 Å². The number of hydrogen-bond donors (Lipinski definition) is 1. The monoisotopic (exact) mass is 384 g/mol. The molecule has 0 aromatic carbocycles. The molecule has 1 aliphatic heterocycles. The fraction of sp³-hybridized carbons (Fsp3) is 0.600. The molecule has 0 spiro atoms. The minimum absolute atomic E-state index is 0.308. The van der Waals surface area contributed by atoms with Crippen LogP contribution in [0.1, 0.15) is 20.3 Å². The highest BCUT2D eigenvalue weighted by Gasteiger charge is 2.56. The van der Waals surface area contributed by atoms with Crippen LogP contribution in [0.25, 0.3) is 0 Å². The molecule has 0 bridgehead atoms. The van der Waals surface area contributed by atoms with Crippen LogP contribution in [-0.2, 0) is 4.74 Å². The normalized spacial score (nSPS) is 28.6. The zero-order valence-electron chi connectivity index (χ0n) is 13.5. The molecule has 11 heteroatoms. The van der Waals surface area contributed by atoms with Crippen molar-refractivity contribution >= 4 is 6.09 Å². The molecule has 0 aromatic rings. The van der Waals surface area contributed by atoms with Gasteiger partial charge in [-0.2, -0.15) is 31.6 Å². The van der Waals surface area contributed by atoms with Crippen molar-refractivity contribution in [2.75, 3.05) is 0 Å². The predicted molar refractivity (Wildman–Crippen MR) is 74.5 cm³/mol. The highest BCUT2D eigenvalue weighted by Crippen LogP contribution is 2.42. The molecule has 1 unspecified atom stereocenters. The van der Waals surface area contributed by atoms with Gasteiger partial charge in [-0.05, 0) is 25.8 Å². The van der Waals surface area contributed by atoms with Gasteiger partial charge in [-0.3, -0.25) is 4.90 Å². The van der Waals surface area contributed by atoms with E-state index in [2.05, 4.69) is 0 Å². The lowest BCUT2D eigenvalue weighted by Crippen LogP contribution is -2.55. The van der Waals surface area contributed by atoms with Crippen LogP contribution in [0.5, 0.6) is 0 Å². The van der Waals surface area contributed by atoms with Gasteiger partial charge in [0, 0.05) is 0 Å². The Morgan fingerprint density at radius 3 is 2.38 bits per heavy atom. The standard InChI is InChI=1S/C15H14F6N2O3/c1-6-9(4-3-8(5-22)10(6)14(16,17)18)23-11(7(2)26-13(23)25)12(24)15(19,20)21/h3,7,9,11-12,24H,4H2,1-2H3/t7-,9?,11+,12-/m0/s1. The molecule has 1 heterocycles. The van der Waals surface area contributed by atoms with Crippen LogP contribution in [0.2, 0.25) is 0 Å². The van der Waals surface area contributed by atoms with E-state index in [-0.39, 0.29) is 6.42 Å². The number of aliphatic hydroxyl groups excluding tert-OH is 1. The number of nitriles is 1. The minimum atomic E-state index is -5.10. The van der Waals surface area contributed by atoms with Gasteiger partial charge in [0.2, 0.25) is 0 Å². The van der Waals surface area contributed by atoms with Gasteiger partial charge in [-0.25, -0.2) is 4.79 Å². The Bertz CT molecular complexity index is 704. The Morgan fingerprint density at radius 1 is 1.35 bits per heavy atom. The first-order chi connectivity index (χ1) is 11.8. The summed E-state index contributed by atoms with van der Waals surface area (Å²) in [4.78, 5) is 12.5. The van der Waals surface area contributed by atoms with Crippen molar-refractivity contribution in [2.24, 2.45) is 0 Å². The van der Waals surface area contributed by atoms with Crippen molar-refractivity contribution in [1.82, 2.24) is 4.90 Å². The molecule has 26 heavy (non-hydrogen) atoms. The number of carbonyl (C=O) groups is 1. The van der Waals surface area contributed by atoms with E-state index in [1.54, 1.807) is 0 Å². The first-order valence-electron chi connectivity index (χ1n) is 7.43. The van der Waals surface area contributed by atoms with Crippen molar-refractivity contribution in [3.63, 3.8) is 0 Å². The van der Waals surface area contributed by atoms with Crippen LogP contribution >= 0.6 is 0 Å². The Kier molecular flexibility index (Phi) is 5.02. The first kappa shape index (κ1) is 20.1. The van der Waals surface area contributed by atoms with E-state index >= 15 is 0 Å². The Balaban J connectivity index is 2.52. The molecule has 5 nitrogen and oxygen atoms in total. The lowest BCUT2D eigenvalue weighted by Gasteiger charge is -2.37. The van der Waals surface area contributed by atoms with Gasteiger partial charge in [-0.15, -0.1) is 0 Å². The van der Waals surface area contributed by atoms with Gasteiger partial charge < -0.3 is 9.84 Å². The summed E-state index contributed by atoms with van der Waals surface area (Å²) in [7, 11) is 0. The highest BCUT2D eigenvalue weighted by molar-refractivity contribution is 5.72. The van der Waals surface area contributed by atoms with Crippen LogP contribution in [0.3, 0.4) is 0 Å². The summed E-state index contributed by atoms with van der Waals surface area (Å²) in [5, 5.41) is 18.5. The molecule has 1 saturated heterocycles. The third-order valence-electron chi connectivity index (χ3n) is 4.41. The molecule has 144 valence electrons. The SMILES string of the molecule is CC1=C(C(F)(F)F)C(C#N)=CCC1N1C(=O)O[C@@H](C)[C@@H]1[C@H](O)C(F)(F)F. The molecule has 0 aromatic heterocycles. The number of aliphatic hydroxyl groups is 1. The highest BCUT2D eigenvalue weighted by atomic mass is 19.4. The predicted octanol–water partition coefficient (Wildman–Crippen LogP) is 3.22. The van der Waals surface area contributed by atoms with Crippen molar-refractivity contribution in [1.29, 1.82) is 5.26 Å². The molecule has 2 aliphatic rings. The molecule has 1 aliphatic carbocycles. The summed E-state index contributed by atoms with van der Waals surface area (Å²) in [5.74, 6) is 0. The number of ether oxygens (including phenoxy) is 1. The summed E-state index contributed by atoms with van der Waals surface area (Å²) < 4.78 is 83.4. The zero-order chi connectivity index (χ0) is 20.0. The average molecular weight is 384 g/mol. The molecular weight excluding hydrogens is 370 g/mol. The lowest BCUT2D eigenvalue weighted by molar-refractivity contribution is -0.221. The Hall–Kier alpha value is -2.22. The third-order valence-corrected chi connectivity index (χ3v) is 4.41. The fourth-order valence-corrected chi connectivity index (χ4v) is 3.26. The molecule has 2 rings (SSSR count). The summed E-state index contributed by atoms with van der Waals surface area (Å²) in [5.41, 5.74) is -2.45. The third kappa shape index (κ3) is 3.38. The quantitative estimate of drug-likeness (QED) is 0.742. The van der Waals surface area contributed by atoms with E-state index in [4.69, 9.17) is 10.00 Å². The topological polar surface area (TPSA) is 73.6 Å². The minimum Gasteiger partial charge on any atom is -0.444 e. The van der Waals surface area contributed by atoms with E-state index in [1.165, 1.54) is 6.07 Å². The summed E-state index contributed by atoms with van der Waals surface area (Å²) in [6.45, 7) is 2.10. The van der Waals surface area contributed by atoms with Gasteiger partial charge in [-0.1, -0.05) is 6.08 Å². The smallest absolute Gasteiger partial charge is 0.417 e. The number of allylic oxidation sites excluding steroid dienone is 2. The second-order valence-corrected chi connectivity index (χ2v) is 6.01. The van der Waals surface area contributed by atoms with Gasteiger partial charge in [0.05, 0.1) is 23.3 Å².